The zero-order valence-electron chi connectivity index (χ0n) is 23.8. The molecule has 4 aromatic rings. The van der Waals surface area contributed by atoms with Crippen LogP contribution in [-0.4, -0.2) is 43.9 Å². The predicted octanol–water partition coefficient (Wildman–Crippen LogP) is 5.62. The molecule has 2 aromatic carbocycles. The Morgan fingerprint density at radius 2 is 1.95 bits per heavy atom. The quantitative estimate of drug-likeness (QED) is 0.239. The predicted molar refractivity (Wildman–Crippen MR) is 159 cm³/mol. The summed E-state index contributed by atoms with van der Waals surface area (Å²) in [6.45, 7) is 6.72. The van der Waals surface area contributed by atoms with Gasteiger partial charge in [-0.3, -0.25) is 19.1 Å². The molecule has 3 N–H and O–H groups in total. The van der Waals surface area contributed by atoms with Crippen molar-refractivity contribution in [3.63, 3.8) is 0 Å². The second-order valence-corrected chi connectivity index (χ2v) is 10.5. The van der Waals surface area contributed by atoms with Gasteiger partial charge in [0.1, 0.15) is 11.5 Å². The van der Waals surface area contributed by atoms with Crippen LogP contribution in [-0.2, 0) is 17.9 Å². The molecular weight excluding hydrogens is 535 g/mol. The van der Waals surface area contributed by atoms with Crippen LogP contribution in [0.4, 0.5) is 15.8 Å². The number of H-pyrrole nitrogens is 1. The van der Waals surface area contributed by atoms with Gasteiger partial charge in [0.2, 0.25) is 5.91 Å². The van der Waals surface area contributed by atoms with E-state index in [-0.39, 0.29) is 42.2 Å². The minimum absolute atomic E-state index is 0.0625. The molecule has 3 amide bonds. The first-order chi connectivity index (χ1) is 20.2. The zero-order chi connectivity index (χ0) is 29.8. The summed E-state index contributed by atoms with van der Waals surface area (Å²) >= 11 is 0. The highest BCUT2D eigenvalue weighted by Crippen LogP contribution is 2.32. The number of nitrogens with zero attached hydrogens (tertiary/aromatic N) is 3. The van der Waals surface area contributed by atoms with Crippen molar-refractivity contribution in [1.82, 2.24) is 19.7 Å². The summed E-state index contributed by atoms with van der Waals surface area (Å²) in [7, 11) is 0. The molecule has 0 saturated heterocycles. The summed E-state index contributed by atoms with van der Waals surface area (Å²) in [6, 6.07) is 15.5. The van der Waals surface area contributed by atoms with Gasteiger partial charge in [0, 0.05) is 35.6 Å². The molecule has 9 nitrogen and oxygen atoms in total. The van der Waals surface area contributed by atoms with Crippen LogP contribution >= 0.6 is 0 Å². The van der Waals surface area contributed by atoms with Crippen LogP contribution < -0.4 is 10.6 Å². The van der Waals surface area contributed by atoms with E-state index < -0.39 is 11.7 Å². The molecule has 1 unspecified atom stereocenters. The van der Waals surface area contributed by atoms with Crippen molar-refractivity contribution in [3.8, 4) is 0 Å². The Hall–Kier alpha value is -4.99. The third kappa shape index (κ3) is 6.17. The van der Waals surface area contributed by atoms with Gasteiger partial charge in [-0.1, -0.05) is 38.1 Å². The lowest BCUT2D eigenvalue weighted by Crippen LogP contribution is -2.38. The SMILES string of the molecule is CC/C=C/C(=O)Nc1cc(Cn2nc(C(=O)Nc3cccc(C)c3)c3c2C(C)CN(C(=O)c2ccc[nH]2)C3)ccc1F. The van der Waals surface area contributed by atoms with Gasteiger partial charge >= 0.3 is 0 Å². The van der Waals surface area contributed by atoms with Crippen LogP contribution in [0.2, 0.25) is 0 Å². The average Bonchev–Trinajstić information content (AvgIpc) is 3.62. The van der Waals surface area contributed by atoms with E-state index in [1.165, 1.54) is 12.1 Å². The van der Waals surface area contributed by atoms with E-state index in [2.05, 4.69) is 15.6 Å². The fourth-order valence-corrected chi connectivity index (χ4v) is 5.24. The molecule has 5 rings (SSSR count). The number of benzene rings is 2. The van der Waals surface area contributed by atoms with Gasteiger partial charge in [0.25, 0.3) is 11.8 Å². The molecule has 1 aliphatic heterocycles. The zero-order valence-corrected chi connectivity index (χ0v) is 23.8. The number of rotatable bonds is 8. The van der Waals surface area contributed by atoms with Crippen molar-refractivity contribution in [1.29, 1.82) is 0 Å². The first-order valence-corrected chi connectivity index (χ1v) is 13.9. The van der Waals surface area contributed by atoms with Gasteiger partial charge in [-0.05, 0) is 66.9 Å². The molecule has 10 heteroatoms. The highest BCUT2D eigenvalue weighted by Gasteiger charge is 2.34. The molecular formula is C32H33FN6O3. The maximum atomic E-state index is 14.6. The first-order valence-electron chi connectivity index (χ1n) is 13.9. The minimum atomic E-state index is -0.551. The van der Waals surface area contributed by atoms with Gasteiger partial charge < -0.3 is 20.5 Å². The highest BCUT2D eigenvalue weighted by molar-refractivity contribution is 6.04. The molecule has 3 heterocycles. The van der Waals surface area contributed by atoms with Gasteiger partial charge in [0.05, 0.1) is 18.8 Å². The molecule has 42 heavy (non-hydrogen) atoms. The van der Waals surface area contributed by atoms with Crippen molar-refractivity contribution in [2.45, 2.75) is 46.2 Å². The normalized spacial score (nSPS) is 14.6. The van der Waals surface area contributed by atoms with E-state index in [1.54, 1.807) is 46.1 Å². The smallest absolute Gasteiger partial charge is 0.276 e. The summed E-state index contributed by atoms with van der Waals surface area (Å²) in [5, 5.41) is 10.3. The van der Waals surface area contributed by atoms with Gasteiger partial charge in [0.15, 0.2) is 5.69 Å². The largest absolute Gasteiger partial charge is 0.357 e. The third-order valence-electron chi connectivity index (χ3n) is 7.14. The number of hydrogen-bond acceptors (Lipinski definition) is 4. The summed E-state index contributed by atoms with van der Waals surface area (Å²) < 4.78 is 16.3. The van der Waals surface area contributed by atoms with E-state index >= 15 is 0 Å². The maximum Gasteiger partial charge on any atom is 0.276 e. The lowest BCUT2D eigenvalue weighted by atomic mass is 9.95. The molecule has 2 aromatic heterocycles. The van der Waals surface area contributed by atoms with E-state index in [0.29, 0.717) is 35.5 Å². The number of allylic oxidation sites excluding steroid dienone is 1. The van der Waals surface area contributed by atoms with Crippen LogP contribution in [0.5, 0.6) is 0 Å². The number of carbonyl (C=O) groups is 3. The van der Waals surface area contributed by atoms with Gasteiger partial charge in [-0.15, -0.1) is 0 Å². The maximum absolute atomic E-state index is 14.6. The number of amides is 3. The molecule has 1 atom stereocenters. The molecule has 0 spiro atoms. The van der Waals surface area contributed by atoms with Crippen LogP contribution in [0.25, 0.3) is 0 Å². The lowest BCUT2D eigenvalue weighted by Gasteiger charge is -2.32. The van der Waals surface area contributed by atoms with Crippen LogP contribution in [0.15, 0.2) is 72.9 Å². The number of aromatic amines is 1. The summed E-state index contributed by atoms with van der Waals surface area (Å²) in [4.78, 5) is 43.7. The molecule has 1 aliphatic rings. The van der Waals surface area contributed by atoms with Crippen molar-refractivity contribution in [2.75, 3.05) is 17.2 Å². The van der Waals surface area contributed by atoms with E-state index in [4.69, 9.17) is 5.10 Å². The molecule has 216 valence electrons. The van der Waals surface area contributed by atoms with Crippen LogP contribution in [0.1, 0.15) is 69.5 Å². The number of nitrogens with one attached hydrogen (secondary N) is 3. The van der Waals surface area contributed by atoms with Gasteiger partial charge in [-0.2, -0.15) is 5.10 Å². The van der Waals surface area contributed by atoms with E-state index in [1.807, 2.05) is 45.0 Å². The number of hydrogen-bond donors (Lipinski definition) is 3. The Bertz CT molecular complexity index is 1660. The van der Waals surface area contributed by atoms with Gasteiger partial charge in [-0.25, -0.2) is 4.39 Å². The van der Waals surface area contributed by atoms with E-state index in [9.17, 15) is 18.8 Å². The van der Waals surface area contributed by atoms with Crippen molar-refractivity contribution in [3.05, 3.63) is 113 Å². The molecule has 0 radical (unpaired) electrons. The fraction of sp³-hybridized carbons (Fsp3) is 0.250. The van der Waals surface area contributed by atoms with Crippen molar-refractivity contribution < 1.29 is 18.8 Å². The Morgan fingerprint density at radius 1 is 1.12 bits per heavy atom. The second kappa shape index (κ2) is 12.3. The van der Waals surface area contributed by atoms with E-state index in [0.717, 1.165) is 11.3 Å². The topological polar surface area (TPSA) is 112 Å². The Labute approximate surface area is 243 Å². The average molecular weight is 569 g/mol. The lowest BCUT2D eigenvalue weighted by molar-refractivity contribution is -0.111. The number of aromatic nitrogens is 3. The number of anilines is 2. The highest BCUT2D eigenvalue weighted by atomic mass is 19.1. The van der Waals surface area contributed by atoms with Crippen LogP contribution in [0, 0.1) is 12.7 Å². The number of fused-ring (bicyclic) bond motifs is 1. The standard InChI is InChI=1S/C32H33FN6O3/c1-4-5-11-28(40)36-27-16-22(12-13-25(27)33)18-39-30-21(3)17-38(32(42)26-10-7-14-34-26)19-24(30)29(37-39)31(41)35-23-9-6-8-20(2)15-23/h5-16,21,34H,4,17-19H2,1-3H3,(H,35,41)(H,36,40)/b11-5+. The second-order valence-electron chi connectivity index (χ2n) is 10.5. The molecule has 0 bridgehead atoms. The summed E-state index contributed by atoms with van der Waals surface area (Å²) in [5.41, 5.74) is 4.59. The monoisotopic (exact) mass is 568 g/mol. The summed E-state index contributed by atoms with van der Waals surface area (Å²) in [6.07, 6.45) is 5.45. The molecule has 0 fully saturated rings. The third-order valence-corrected chi connectivity index (χ3v) is 7.14. The Morgan fingerprint density at radius 3 is 2.69 bits per heavy atom. The van der Waals surface area contributed by atoms with Crippen molar-refractivity contribution in [2.24, 2.45) is 0 Å². The van der Waals surface area contributed by atoms with Crippen LogP contribution in [0.3, 0.4) is 0 Å². The number of carbonyl (C=O) groups excluding carboxylic acids is 3. The first kappa shape index (κ1) is 28.5. The Balaban J connectivity index is 1.49. The minimum Gasteiger partial charge on any atom is -0.357 e. The summed E-state index contributed by atoms with van der Waals surface area (Å²) in [5.74, 6) is -1.65. The number of halogens is 1. The molecule has 0 aliphatic carbocycles. The fourth-order valence-electron chi connectivity index (χ4n) is 5.24. The number of aryl methyl sites for hydroxylation is 1. The Kier molecular flexibility index (Phi) is 8.33. The van der Waals surface area contributed by atoms with Crippen molar-refractivity contribution >= 4 is 29.1 Å². The molecule has 0 saturated carbocycles.